The standard InChI is InChI=1S/C22H24N6O2/c29-22(24-14-16-4-2-1-3-5-16)28-12-10-27(11-13-28)19-9-8-18(15-23-19)20-25-21(30-26-20)17-6-7-17/h1-5,8-9,15,17H,6-7,10-14H2,(H,24,29). The lowest BCUT2D eigenvalue weighted by molar-refractivity contribution is 0.194. The number of benzene rings is 1. The van der Waals surface area contributed by atoms with Crippen molar-refractivity contribution in [2.45, 2.75) is 25.3 Å². The molecule has 30 heavy (non-hydrogen) atoms. The second-order valence-corrected chi connectivity index (χ2v) is 7.75. The molecule has 2 fully saturated rings. The molecule has 0 spiro atoms. The molecule has 0 bridgehead atoms. The van der Waals surface area contributed by atoms with E-state index in [1.165, 1.54) is 0 Å². The second-order valence-electron chi connectivity index (χ2n) is 7.75. The third kappa shape index (κ3) is 4.12. The van der Waals surface area contributed by atoms with Gasteiger partial charge in [-0.1, -0.05) is 35.5 Å². The summed E-state index contributed by atoms with van der Waals surface area (Å²) in [6.45, 7) is 3.37. The number of carbonyl (C=O) groups excluding carboxylic acids is 1. The smallest absolute Gasteiger partial charge is 0.317 e. The van der Waals surface area contributed by atoms with Gasteiger partial charge in [0, 0.05) is 50.4 Å². The topological polar surface area (TPSA) is 87.4 Å². The van der Waals surface area contributed by atoms with Crippen molar-refractivity contribution in [3.63, 3.8) is 0 Å². The molecule has 154 valence electrons. The quantitative estimate of drug-likeness (QED) is 0.703. The van der Waals surface area contributed by atoms with Crippen LogP contribution >= 0.6 is 0 Å². The number of anilines is 1. The van der Waals surface area contributed by atoms with Gasteiger partial charge in [0.05, 0.1) is 0 Å². The zero-order chi connectivity index (χ0) is 20.3. The fraction of sp³-hybridized carbons (Fsp3) is 0.364. The third-order valence-electron chi connectivity index (χ3n) is 5.55. The van der Waals surface area contributed by atoms with Gasteiger partial charge in [0.15, 0.2) is 0 Å². The molecule has 5 rings (SSSR count). The Balaban J connectivity index is 1.14. The number of nitrogens with one attached hydrogen (secondary N) is 1. The normalized spacial score (nSPS) is 16.5. The molecule has 1 aliphatic carbocycles. The Morgan fingerprint density at radius 2 is 1.87 bits per heavy atom. The molecule has 3 aromatic rings. The molecule has 8 nitrogen and oxygen atoms in total. The number of piperazine rings is 1. The first kappa shape index (κ1) is 18.6. The summed E-state index contributed by atoms with van der Waals surface area (Å²) in [4.78, 5) is 25.5. The Bertz CT molecular complexity index is 992. The monoisotopic (exact) mass is 404 g/mol. The van der Waals surface area contributed by atoms with Gasteiger partial charge in [0.2, 0.25) is 11.7 Å². The van der Waals surface area contributed by atoms with Crippen molar-refractivity contribution in [2.24, 2.45) is 0 Å². The number of carbonyl (C=O) groups is 1. The van der Waals surface area contributed by atoms with E-state index in [-0.39, 0.29) is 6.03 Å². The second kappa shape index (κ2) is 8.14. The van der Waals surface area contributed by atoms with Crippen LogP contribution in [0.25, 0.3) is 11.4 Å². The van der Waals surface area contributed by atoms with Crippen LogP contribution in [0.5, 0.6) is 0 Å². The number of aromatic nitrogens is 3. The highest BCUT2D eigenvalue weighted by atomic mass is 16.5. The molecular formula is C22H24N6O2. The molecule has 1 saturated heterocycles. The van der Waals surface area contributed by atoms with Gasteiger partial charge in [0.25, 0.3) is 0 Å². The number of amides is 2. The largest absolute Gasteiger partial charge is 0.353 e. The minimum Gasteiger partial charge on any atom is -0.353 e. The molecule has 2 aromatic heterocycles. The first-order valence-electron chi connectivity index (χ1n) is 10.4. The minimum atomic E-state index is -0.0228. The molecule has 3 heterocycles. The van der Waals surface area contributed by atoms with Crippen LogP contribution in [0.1, 0.15) is 30.2 Å². The molecule has 0 atom stereocenters. The van der Waals surface area contributed by atoms with Crippen molar-refractivity contribution in [3.8, 4) is 11.4 Å². The zero-order valence-electron chi connectivity index (χ0n) is 16.7. The van der Waals surface area contributed by atoms with Gasteiger partial charge in [-0.15, -0.1) is 0 Å². The Labute approximate surface area is 174 Å². The van der Waals surface area contributed by atoms with Crippen LogP contribution in [0.3, 0.4) is 0 Å². The molecule has 2 aliphatic rings. The number of nitrogens with zero attached hydrogens (tertiary/aromatic N) is 5. The minimum absolute atomic E-state index is 0.0228. The number of hydrogen-bond acceptors (Lipinski definition) is 6. The maximum atomic E-state index is 12.4. The lowest BCUT2D eigenvalue weighted by Crippen LogP contribution is -2.51. The average molecular weight is 404 g/mol. The molecule has 1 saturated carbocycles. The van der Waals surface area contributed by atoms with Crippen molar-refractivity contribution < 1.29 is 9.32 Å². The molecule has 1 aromatic carbocycles. The van der Waals surface area contributed by atoms with Gasteiger partial charge in [-0.2, -0.15) is 4.98 Å². The lowest BCUT2D eigenvalue weighted by Gasteiger charge is -2.35. The number of rotatable bonds is 5. The molecule has 1 N–H and O–H groups in total. The van der Waals surface area contributed by atoms with Gasteiger partial charge in [-0.3, -0.25) is 0 Å². The molecule has 0 radical (unpaired) electrons. The highest BCUT2D eigenvalue weighted by Gasteiger charge is 2.30. The molecule has 8 heteroatoms. The van der Waals surface area contributed by atoms with Gasteiger partial charge >= 0.3 is 6.03 Å². The summed E-state index contributed by atoms with van der Waals surface area (Å²) in [7, 11) is 0. The summed E-state index contributed by atoms with van der Waals surface area (Å²) < 4.78 is 5.33. The summed E-state index contributed by atoms with van der Waals surface area (Å²) >= 11 is 0. The van der Waals surface area contributed by atoms with Crippen molar-refractivity contribution >= 4 is 11.8 Å². The lowest BCUT2D eigenvalue weighted by atomic mass is 10.2. The SMILES string of the molecule is O=C(NCc1ccccc1)N1CCN(c2ccc(-c3noc(C4CC4)n3)cn2)CC1. The number of hydrogen-bond donors (Lipinski definition) is 1. The Morgan fingerprint density at radius 3 is 2.57 bits per heavy atom. The summed E-state index contributed by atoms with van der Waals surface area (Å²) in [5.74, 6) is 2.67. The van der Waals surface area contributed by atoms with Crippen LogP contribution in [-0.2, 0) is 6.54 Å². The van der Waals surface area contributed by atoms with Crippen molar-refractivity contribution in [2.75, 3.05) is 31.1 Å². The van der Waals surface area contributed by atoms with Crippen LogP contribution in [0.4, 0.5) is 10.6 Å². The first-order chi connectivity index (χ1) is 14.8. The summed E-state index contributed by atoms with van der Waals surface area (Å²) in [6.07, 6.45) is 4.06. The van der Waals surface area contributed by atoms with Crippen LogP contribution in [0.2, 0.25) is 0 Å². The molecule has 1 aliphatic heterocycles. The zero-order valence-corrected chi connectivity index (χ0v) is 16.7. The van der Waals surface area contributed by atoms with E-state index in [4.69, 9.17) is 4.52 Å². The maximum Gasteiger partial charge on any atom is 0.317 e. The maximum absolute atomic E-state index is 12.4. The third-order valence-corrected chi connectivity index (χ3v) is 5.55. The Morgan fingerprint density at radius 1 is 1.07 bits per heavy atom. The fourth-order valence-corrected chi connectivity index (χ4v) is 3.58. The van der Waals surface area contributed by atoms with E-state index in [0.29, 0.717) is 31.4 Å². The molecular weight excluding hydrogens is 380 g/mol. The van der Waals surface area contributed by atoms with Crippen LogP contribution in [-0.4, -0.2) is 52.2 Å². The predicted octanol–water partition coefficient (Wildman–Crippen LogP) is 3.04. The predicted molar refractivity (Wildman–Crippen MR) is 112 cm³/mol. The van der Waals surface area contributed by atoms with Crippen molar-refractivity contribution in [1.29, 1.82) is 0 Å². The van der Waals surface area contributed by atoms with E-state index in [0.717, 1.165) is 48.8 Å². The Hall–Kier alpha value is -3.42. The molecule has 2 amide bonds. The first-order valence-corrected chi connectivity index (χ1v) is 10.4. The highest BCUT2D eigenvalue weighted by molar-refractivity contribution is 5.74. The number of urea groups is 1. The van der Waals surface area contributed by atoms with Gasteiger partial charge in [-0.05, 0) is 30.5 Å². The van der Waals surface area contributed by atoms with Gasteiger partial charge < -0.3 is 19.6 Å². The summed E-state index contributed by atoms with van der Waals surface area (Å²) in [5.41, 5.74) is 1.95. The Kier molecular flexibility index (Phi) is 5.04. The molecule has 0 unspecified atom stereocenters. The van der Waals surface area contributed by atoms with Crippen molar-refractivity contribution in [3.05, 3.63) is 60.1 Å². The van der Waals surface area contributed by atoms with E-state index in [1.807, 2.05) is 47.4 Å². The van der Waals surface area contributed by atoms with E-state index in [2.05, 4.69) is 25.3 Å². The summed E-state index contributed by atoms with van der Waals surface area (Å²) in [6, 6.07) is 13.9. The van der Waals surface area contributed by atoms with E-state index >= 15 is 0 Å². The van der Waals surface area contributed by atoms with Gasteiger partial charge in [0.1, 0.15) is 5.82 Å². The van der Waals surface area contributed by atoms with Crippen LogP contribution in [0.15, 0.2) is 53.2 Å². The van der Waals surface area contributed by atoms with Crippen LogP contribution < -0.4 is 10.2 Å². The van der Waals surface area contributed by atoms with E-state index in [1.54, 1.807) is 6.20 Å². The average Bonchev–Trinajstić information content (AvgIpc) is 3.55. The number of pyridine rings is 1. The van der Waals surface area contributed by atoms with Crippen LogP contribution in [0, 0.1) is 0 Å². The van der Waals surface area contributed by atoms with Crippen molar-refractivity contribution in [1.82, 2.24) is 25.3 Å². The fourth-order valence-electron chi connectivity index (χ4n) is 3.58. The highest BCUT2D eigenvalue weighted by Crippen LogP contribution is 2.39. The van der Waals surface area contributed by atoms with E-state index in [9.17, 15) is 4.79 Å². The van der Waals surface area contributed by atoms with Gasteiger partial charge in [-0.25, -0.2) is 9.78 Å². The van der Waals surface area contributed by atoms with E-state index < -0.39 is 0 Å². The summed E-state index contributed by atoms with van der Waals surface area (Å²) in [5, 5.41) is 7.06.